The molecule has 0 saturated carbocycles. The van der Waals surface area contributed by atoms with Crippen molar-refractivity contribution in [3.63, 3.8) is 0 Å². The first-order valence-electron chi connectivity index (χ1n) is 7.54. The normalized spacial score (nSPS) is 18.2. The highest BCUT2D eigenvalue weighted by atomic mass is 16.5. The number of benzene rings is 1. The van der Waals surface area contributed by atoms with Gasteiger partial charge in [-0.2, -0.15) is 0 Å². The van der Waals surface area contributed by atoms with Crippen LogP contribution in [0.5, 0.6) is 0 Å². The van der Waals surface area contributed by atoms with Gasteiger partial charge in [-0.25, -0.2) is 0 Å². The van der Waals surface area contributed by atoms with Crippen molar-refractivity contribution in [2.75, 3.05) is 26.7 Å². The average molecular weight is 296 g/mol. The molecular formula is C18H20N2O2. The zero-order chi connectivity index (χ0) is 15.5. The van der Waals surface area contributed by atoms with E-state index in [1.165, 1.54) is 18.1 Å². The second kappa shape index (κ2) is 6.25. The van der Waals surface area contributed by atoms with Gasteiger partial charge in [-0.05, 0) is 25.0 Å². The number of carbonyl (C=O) groups is 1. The summed E-state index contributed by atoms with van der Waals surface area (Å²) < 4.78 is 5.03. The maximum absolute atomic E-state index is 12.3. The number of carbonyl (C=O) groups excluding carboxylic acids is 1. The van der Waals surface area contributed by atoms with E-state index < -0.39 is 0 Å². The van der Waals surface area contributed by atoms with Crippen molar-refractivity contribution in [3.05, 3.63) is 35.5 Å². The molecule has 4 nitrogen and oxygen atoms in total. The first-order chi connectivity index (χ1) is 10.7. The van der Waals surface area contributed by atoms with Crippen LogP contribution in [0, 0.1) is 11.8 Å². The Balaban J connectivity index is 2.03. The standard InChI is InChI=1S/C18H20N2O2/c1-3-4-10-20-11-9-14-13-7-5-6-8-16(13)19-17(14)15(12-20)18(21)22-2/h5-8,15,19H,9-12H2,1-2H3. The van der Waals surface area contributed by atoms with Gasteiger partial charge in [-0.1, -0.05) is 24.1 Å². The number of hydrogen-bond acceptors (Lipinski definition) is 3. The van der Waals surface area contributed by atoms with Crippen LogP contribution in [0.4, 0.5) is 0 Å². The van der Waals surface area contributed by atoms with Crippen molar-refractivity contribution < 1.29 is 9.53 Å². The summed E-state index contributed by atoms with van der Waals surface area (Å²) in [6, 6.07) is 8.21. The van der Waals surface area contributed by atoms with E-state index in [4.69, 9.17) is 4.74 Å². The number of aromatic nitrogens is 1. The molecule has 1 unspecified atom stereocenters. The molecule has 114 valence electrons. The summed E-state index contributed by atoms with van der Waals surface area (Å²) in [4.78, 5) is 17.9. The third-order valence-corrected chi connectivity index (χ3v) is 4.28. The molecule has 0 aliphatic carbocycles. The minimum absolute atomic E-state index is 0.191. The van der Waals surface area contributed by atoms with Crippen molar-refractivity contribution >= 4 is 16.9 Å². The van der Waals surface area contributed by atoms with Crippen molar-refractivity contribution in [3.8, 4) is 11.8 Å². The number of methoxy groups -OCH3 is 1. The van der Waals surface area contributed by atoms with Gasteiger partial charge < -0.3 is 9.72 Å². The molecule has 0 bridgehead atoms. The highest BCUT2D eigenvalue weighted by Gasteiger charge is 2.31. The predicted molar refractivity (Wildman–Crippen MR) is 86.6 cm³/mol. The Bertz CT molecular complexity index is 751. The summed E-state index contributed by atoms with van der Waals surface area (Å²) >= 11 is 0. The fourth-order valence-corrected chi connectivity index (χ4v) is 3.17. The third kappa shape index (κ3) is 2.60. The summed E-state index contributed by atoms with van der Waals surface area (Å²) in [5, 5.41) is 1.20. The predicted octanol–water partition coefficient (Wildman–Crippen LogP) is 2.31. The molecule has 0 amide bonds. The largest absolute Gasteiger partial charge is 0.468 e. The Labute approximate surface area is 130 Å². The second-order valence-corrected chi connectivity index (χ2v) is 5.55. The van der Waals surface area contributed by atoms with Crippen LogP contribution in [-0.4, -0.2) is 42.6 Å². The Kier molecular flexibility index (Phi) is 4.17. The summed E-state index contributed by atoms with van der Waals surface area (Å²) in [6.07, 6.45) is 0.915. The van der Waals surface area contributed by atoms with Gasteiger partial charge in [-0.3, -0.25) is 9.69 Å². The van der Waals surface area contributed by atoms with Crippen molar-refractivity contribution in [2.45, 2.75) is 19.3 Å². The molecule has 0 spiro atoms. The van der Waals surface area contributed by atoms with Crippen molar-refractivity contribution in [1.82, 2.24) is 9.88 Å². The lowest BCUT2D eigenvalue weighted by Gasteiger charge is -2.20. The van der Waals surface area contributed by atoms with Crippen LogP contribution in [0.2, 0.25) is 0 Å². The SMILES string of the molecule is CC#CCN1CCc2c([nH]c3ccccc23)C(C(=O)OC)C1. The Morgan fingerprint density at radius 3 is 3.05 bits per heavy atom. The van der Waals surface area contributed by atoms with E-state index in [9.17, 15) is 4.79 Å². The molecule has 4 heteroatoms. The van der Waals surface area contributed by atoms with E-state index in [0.717, 1.165) is 24.2 Å². The number of H-pyrrole nitrogens is 1. The zero-order valence-electron chi connectivity index (χ0n) is 13.0. The van der Waals surface area contributed by atoms with Gasteiger partial charge in [-0.15, -0.1) is 5.92 Å². The van der Waals surface area contributed by atoms with Crippen LogP contribution in [0.15, 0.2) is 24.3 Å². The van der Waals surface area contributed by atoms with E-state index in [1.54, 1.807) is 0 Å². The first kappa shape index (κ1) is 14.7. The van der Waals surface area contributed by atoms with Gasteiger partial charge in [0.15, 0.2) is 0 Å². The number of fused-ring (bicyclic) bond motifs is 3. The molecule has 1 aliphatic rings. The van der Waals surface area contributed by atoms with E-state index in [-0.39, 0.29) is 11.9 Å². The van der Waals surface area contributed by atoms with Gasteiger partial charge >= 0.3 is 5.97 Å². The molecule has 2 heterocycles. The lowest BCUT2D eigenvalue weighted by atomic mass is 10.00. The van der Waals surface area contributed by atoms with Crippen LogP contribution in [-0.2, 0) is 16.0 Å². The zero-order valence-corrected chi connectivity index (χ0v) is 13.0. The van der Waals surface area contributed by atoms with E-state index in [0.29, 0.717) is 13.1 Å². The van der Waals surface area contributed by atoms with Gasteiger partial charge in [0.2, 0.25) is 0 Å². The van der Waals surface area contributed by atoms with Gasteiger partial charge in [0.1, 0.15) is 5.92 Å². The maximum Gasteiger partial charge on any atom is 0.315 e. The topological polar surface area (TPSA) is 45.3 Å². The molecular weight excluding hydrogens is 276 g/mol. The summed E-state index contributed by atoms with van der Waals surface area (Å²) in [6.45, 7) is 4.07. The van der Waals surface area contributed by atoms with Crippen LogP contribution < -0.4 is 0 Å². The number of rotatable bonds is 2. The van der Waals surface area contributed by atoms with Crippen LogP contribution in [0.1, 0.15) is 24.1 Å². The third-order valence-electron chi connectivity index (χ3n) is 4.28. The number of hydrogen-bond donors (Lipinski definition) is 1. The van der Waals surface area contributed by atoms with Crippen LogP contribution in [0.3, 0.4) is 0 Å². The molecule has 1 aliphatic heterocycles. The van der Waals surface area contributed by atoms with Gasteiger partial charge in [0.05, 0.1) is 13.7 Å². The summed E-state index contributed by atoms with van der Waals surface area (Å²) in [5.41, 5.74) is 3.32. The second-order valence-electron chi connectivity index (χ2n) is 5.55. The number of esters is 1. The van der Waals surface area contributed by atoms with Crippen molar-refractivity contribution in [2.24, 2.45) is 0 Å². The maximum atomic E-state index is 12.3. The quantitative estimate of drug-likeness (QED) is 0.683. The molecule has 1 aromatic heterocycles. The summed E-state index contributed by atoms with van der Waals surface area (Å²) in [7, 11) is 1.45. The van der Waals surface area contributed by atoms with E-state index >= 15 is 0 Å². The van der Waals surface area contributed by atoms with Gasteiger partial charge in [0, 0.05) is 29.7 Å². The highest BCUT2D eigenvalue weighted by Crippen LogP contribution is 2.32. The molecule has 0 saturated heterocycles. The first-order valence-corrected chi connectivity index (χ1v) is 7.54. The lowest BCUT2D eigenvalue weighted by Crippen LogP contribution is -2.32. The number of aromatic amines is 1. The molecule has 0 radical (unpaired) electrons. The number of nitrogens with one attached hydrogen (secondary N) is 1. The Hall–Kier alpha value is -2.25. The van der Waals surface area contributed by atoms with Crippen LogP contribution in [0.25, 0.3) is 10.9 Å². The minimum atomic E-state index is -0.284. The molecule has 3 rings (SSSR count). The smallest absolute Gasteiger partial charge is 0.315 e. The van der Waals surface area contributed by atoms with Crippen LogP contribution >= 0.6 is 0 Å². The van der Waals surface area contributed by atoms with Gasteiger partial charge in [0.25, 0.3) is 0 Å². The Morgan fingerprint density at radius 2 is 2.27 bits per heavy atom. The number of nitrogens with zero attached hydrogens (tertiary/aromatic N) is 1. The van der Waals surface area contributed by atoms with Crippen molar-refractivity contribution in [1.29, 1.82) is 0 Å². The fraction of sp³-hybridized carbons (Fsp3) is 0.389. The molecule has 22 heavy (non-hydrogen) atoms. The molecule has 1 atom stereocenters. The number of ether oxygens (including phenoxy) is 1. The molecule has 0 fully saturated rings. The fourth-order valence-electron chi connectivity index (χ4n) is 3.17. The lowest BCUT2D eigenvalue weighted by molar-refractivity contribution is -0.142. The average Bonchev–Trinajstić information content (AvgIpc) is 2.82. The van der Waals surface area contributed by atoms with E-state index in [1.807, 2.05) is 19.1 Å². The monoisotopic (exact) mass is 296 g/mol. The molecule has 1 N–H and O–H groups in total. The minimum Gasteiger partial charge on any atom is -0.468 e. The summed E-state index contributed by atoms with van der Waals surface area (Å²) in [5.74, 6) is 5.54. The molecule has 2 aromatic rings. The number of para-hydroxylation sites is 1. The highest BCUT2D eigenvalue weighted by molar-refractivity contribution is 5.88. The van der Waals surface area contributed by atoms with E-state index in [2.05, 4.69) is 33.9 Å². The Morgan fingerprint density at radius 1 is 1.45 bits per heavy atom. The molecule has 1 aromatic carbocycles.